The summed E-state index contributed by atoms with van der Waals surface area (Å²) in [4.78, 5) is 10.7. The predicted molar refractivity (Wildman–Crippen MR) is 57.4 cm³/mol. The Labute approximate surface area is 92.0 Å². The number of carbonyl (C=O) groups excluding carboxylic acids is 1. The maximum atomic E-state index is 10.7. The first-order valence-corrected chi connectivity index (χ1v) is 4.79. The molecule has 5 nitrogen and oxygen atoms in total. The van der Waals surface area contributed by atoms with Gasteiger partial charge >= 0.3 is 5.68 Å². The molecule has 0 radical (unpaired) electrons. The van der Waals surface area contributed by atoms with Gasteiger partial charge in [0.05, 0.1) is 5.69 Å². The van der Waals surface area contributed by atoms with Gasteiger partial charge in [-0.1, -0.05) is 18.2 Å². The Morgan fingerprint density at radius 2 is 2.12 bits per heavy atom. The highest BCUT2D eigenvalue weighted by Crippen LogP contribution is 2.02. The first-order chi connectivity index (χ1) is 7.77. The van der Waals surface area contributed by atoms with Crippen LogP contribution in [0.5, 0.6) is 0 Å². The molecular weight excluding hydrogens is 206 g/mol. The summed E-state index contributed by atoms with van der Waals surface area (Å²) >= 11 is 0. The number of nitrogens with one attached hydrogen (secondary N) is 1. The second-order valence-corrected chi connectivity index (χ2v) is 3.17. The van der Waals surface area contributed by atoms with Crippen molar-refractivity contribution in [2.75, 3.05) is 0 Å². The van der Waals surface area contributed by atoms with E-state index < -0.39 is 0 Å². The molecule has 1 N–H and O–H groups in total. The van der Waals surface area contributed by atoms with Crippen LogP contribution in [0, 0.1) is 0 Å². The molecule has 1 heterocycles. The number of benzene rings is 1. The summed E-state index contributed by atoms with van der Waals surface area (Å²) in [6, 6.07) is 9.59. The lowest BCUT2D eigenvalue weighted by molar-refractivity contribution is -0.119. The van der Waals surface area contributed by atoms with Gasteiger partial charge in [-0.2, -0.15) is 0 Å². The van der Waals surface area contributed by atoms with Gasteiger partial charge in [0.15, 0.2) is 0 Å². The van der Waals surface area contributed by atoms with Crippen LogP contribution in [0.4, 0.5) is 0 Å². The summed E-state index contributed by atoms with van der Waals surface area (Å²) in [5.41, 5.74) is 3.57. The van der Waals surface area contributed by atoms with Crippen LogP contribution in [0.25, 0.3) is 5.69 Å². The molecule has 0 aliphatic rings. The van der Waals surface area contributed by atoms with Crippen LogP contribution < -0.4 is 11.1 Å². The Morgan fingerprint density at radius 1 is 1.38 bits per heavy atom. The van der Waals surface area contributed by atoms with Gasteiger partial charge < -0.3 is 4.42 Å². The van der Waals surface area contributed by atoms with Gasteiger partial charge in [-0.3, -0.25) is 9.36 Å². The van der Waals surface area contributed by atoms with Crippen molar-refractivity contribution in [3.8, 4) is 5.69 Å². The van der Waals surface area contributed by atoms with Crippen molar-refractivity contribution in [2.45, 2.75) is 6.92 Å². The predicted octanol–water partition coefficient (Wildman–Crippen LogP) is 1.02. The van der Waals surface area contributed by atoms with Crippen LogP contribution in [-0.2, 0) is 4.79 Å². The van der Waals surface area contributed by atoms with Gasteiger partial charge in [0.1, 0.15) is 6.26 Å². The molecule has 0 saturated heterocycles. The fourth-order valence-corrected chi connectivity index (χ4v) is 1.26. The summed E-state index contributed by atoms with van der Waals surface area (Å²) in [5, 5.41) is 3.84. The molecular formula is C11H11N3O2. The van der Waals surface area contributed by atoms with Gasteiger partial charge in [-0.15, -0.1) is 5.10 Å². The van der Waals surface area contributed by atoms with E-state index >= 15 is 0 Å². The first kappa shape index (κ1) is 10.2. The number of hydrogen-bond donors (Lipinski definition) is 1. The van der Waals surface area contributed by atoms with Crippen LogP contribution in [-0.4, -0.2) is 10.5 Å². The molecule has 0 atom stereocenters. The van der Waals surface area contributed by atoms with Crippen LogP contribution >= 0.6 is 0 Å². The first-order valence-electron chi connectivity index (χ1n) is 4.79. The molecule has 5 heteroatoms. The van der Waals surface area contributed by atoms with E-state index in [9.17, 15) is 4.79 Å². The summed E-state index contributed by atoms with van der Waals surface area (Å²) in [7, 11) is 0. The average molecular weight is 217 g/mol. The van der Waals surface area contributed by atoms with Gasteiger partial charge in [-0.05, 0) is 12.1 Å². The minimum absolute atomic E-state index is 0.240. The molecule has 1 amide bonds. The van der Waals surface area contributed by atoms with E-state index in [1.807, 2.05) is 30.3 Å². The van der Waals surface area contributed by atoms with E-state index in [1.54, 1.807) is 10.8 Å². The third-order valence-corrected chi connectivity index (χ3v) is 1.93. The third-order valence-electron chi connectivity index (χ3n) is 1.93. The lowest BCUT2D eigenvalue weighted by Gasteiger charge is -1.99. The molecule has 1 aromatic carbocycles. The standard InChI is InChI=1S/C11H11N3O2/c1-9(15)12-13-11-14(7-8-16-11)10-5-3-2-4-6-10/h2-8H,1H3,(H,12,15)/b13-11+. The summed E-state index contributed by atoms with van der Waals surface area (Å²) in [5.74, 6) is -0.240. The highest BCUT2D eigenvalue weighted by Gasteiger charge is 1.99. The molecule has 0 spiro atoms. The summed E-state index contributed by atoms with van der Waals surface area (Å²) in [6.45, 7) is 1.39. The number of oxazole rings is 1. The molecule has 0 aliphatic heterocycles. The van der Waals surface area contributed by atoms with Crippen molar-refractivity contribution in [2.24, 2.45) is 5.10 Å². The van der Waals surface area contributed by atoms with Gasteiger partial charge in [0.2, 0.25) is 5.91 Å². The van der Waals surface area contributed by atoms with E-state index in [1.165, 1.54) is 13.2 Å². The summed E-state index contributed by atoms with van der Waals surface area (Å²) < 4.78 is 6.88. The maximum absolute atomic E-state index is 10.7. The number of hydrogen-bond acceptors (Lipinski definition) is 3. The van der Waals surface area contributed by atoms with Crippen molar-refractivity contribution in [1.82, 2.24) is 9.99 Å². The largest absolute Gasteiger partial charge is 0.431 e. The average Bonchev–Trinajstić information content (AvgIpc) is 2.75. The Kier molecular flexibility index (Phi) is 2.86. The molecule has 0 saturated carbocycles. The van der Waals surface area contributed by atoms with Crippen LogP contribution in [0.1, 0.15) is 6.92 Å². The highest BCUT2D eigenvalue weighted by atomic mass is 16.3. The number of amides is 1. The third kappa shape index (κ3) is 2.20. The van der Waals surface area contributed by atoms with E-state index in [0.717, 1.165) is 5.69 Å². The van der Waals surface area contributed by atoms with Gasteiger partial charge in [0, 0.05) is 13.1 Å². The van der Waals surface area contributed by atoms with E-state index in [4.69, 9.17) is 4.42 Å². The molecule has 0 unspecified atom stereocenters. The lowest BCUT2D eigenvalue weighted by atomic mass is 10.3. The van der Waals surface area contributed by atoms with Gasteiger partial charge in [0.25, 0.3) is 0 Å². The second-order valence-electron chi connectivity index (χ2n) is 3.17. The number of aromatic nitrogens is 1. The van der Waals surface area contributed by atoms with Gasteiger partial charge in [-0.25, -0.2) is 5.43 Å². The highest BCUT2D eigenvalue weighted by molar-refractivity contribution is 5.72. The minimum Gasteiger partial charge on any atom is -0.431 e. The number of rotatable bonds is 2. The van der Waals surface area contributed by atoms with Crippen molar-refractivity contribution < 1.29 is 9.21 Å². The SMILES string of the molecule is CC(=O)N/N=c1/occn1-c1ccccc1. The normalized spacial score (nSPS) is 11.4. The fraction of sp³-hybridized carbons (Fsp3) is 0.0909. The van der Waals surface area contributed by atoms with Crippen LogP contribution in [0.15, 0.2) is 52.3 Å². The Bertz CT molecular complexity index is 540. The Balaban J connectivity index is 2.40. The topological polar surface area (TPSA) is 59.5 Å². The van der Waals surface area contributed by atoms with Crippen molar-refractivity contribution in [1.29, 1.82) is 0 Å². The van der Waals surface area contributed by atoms with Crippen LogP contribution in [0.2, 0.25) is 0 Å². The van der Waals surface area contributed by atoms with Crippen molar-refractivity contribution in [3.63, 3.8) is 0 Å². The van der Waals surface area contributed by atoms with E-state index in [2.05, 4.69) is 10.5 Å². The molecule has 2 rings (SSSR count). The summed E-state index contributed by atoms with van der Waals surface area (Å²) in [6.07, 6.45) is 3.24. The van der Waals surface area contributed by atoms with Crippen molar-refractivity contribution in [3.05, 3.63) is 48.5 Å². The molecule has 0 aliphatic carbocycles. The van der Waals surface area contributed by atoms with E-state index in [-0.39, 0.29) is 5.91 Å². The fourth-order valence-electron chi connectivity index (χ4n) is 1.26. The molecule has 0 bridgehead atoms. The Hall–Kier alpha value is -2.30. The molecule has 1 aromatic heterocycles. The monoisotopic (exact) mass is 217 g/mol. The van der Waals surface area contributed by atoms with E-state index in [0.29, 0.717) is 5.68 Å². The molecule has 82 valence electrons. The quantitative estimate of drug-likeness (QED) is 0.763. The minimum atomic E-state index is -0.240. The van der Waals surface area contributed by atoms with Crippen molar-refractivity contribution >= 4 is 5.91 Å². The van der Waals surface area contributed by atoms with Crippen LogP contribution in [0.3, 0.4) is 0 Å². The molecule has 2 aromatic rings. The number of para-hydroxylation sites is 1. The molecule has 16 heavy (non-hydrogen) atoms. The zero-order valence-electron chi connectivity index (χ0n) is 8.75. The molecule has 0 fully saturated rings. The zero-order valence-corrected chi connectivity index (χ0v) is 8.75. The smallest absolute Gasteiger partial charge is 0.323 e. The number of nitrogens with zero attached hydrogens (tertiary/aromatic N) is 2. The second kappa shape index (κ2) is 4.48. The Morgan fingerprint density at radius 3 is 2.81 bits per heavy atom. The zero-order chi connectivity index (χ0) is 11.4. The maximum Gasteiger partial charge on any atom is 0.323 e. The number of carbonyl (C=O) groups is 1. The lowest BCUT2D eigenvalue weighted by Crippen LogP contribution is -2.22.